The van der Waals surface area contributed by atoms with Crippen LogP contribution in [-0.2, 0) is 6.54 Å². The van der Waals surface area contributed by atoms with Crippen molar-refractivity contribution in [1.29, 1.82) is 0 Å². The summed E-state index contributed by atoms with van der Waals surface area (Å²) in [6.45, 7) is 4.58. The number of nitrogens with zero attached hydrogens (tertiary/aromatic N) is 2. The van der Waals surface area contributed by atoms with Crippen molar-refractivity contribution in [2.24, 2.45) is 0 Å². The molecular weight excluding hydrogens is 346 g/mol. The van der Waals surface area contributed by atoms with Crippen LogP contribution in [0.5, 0.6) is 0 Å². The van der Waals surface area contributed by atoms with Crippen LogP contribution in [0.25, 0.3) is 0 Å². The molecule has 2 rings (SSSR count). The van der Waals surface area contributed by atoms with E-state index in [0.717, 1.165) is 27.3 Å². The molecule has 0 saturated heterocycles. The lowest BCUT2D eigenvalue weighted by atomic mass is 10.3. The summed E-state index contributed by atoms with van der Waals surface area (Å²) < 4.78 is 15.6. The molecule has 1 aromatic carbocycles. The summed E-state index contributed by atoms with van der Waals surface area (Å²) in [7, 11) is 0. The minimum absolute atomic E-state index is 0.252. The number of aryl methyl sites for hydroxylation is 2. The van der Waals surface area contributed by atoms with E-state index in [9.17, 15) is 4.39 Å². The lowest BCUT2D eigenvalue weighted by molar-refractivity contribution is 0.627. The molecule has 0 amide bonds. The highest BCUT2D eigenvalue weighted by molar-refractivity contribution is 14.1. The molecular formula is C12H14FIN4. The largest absolute Gasteiger partial charge is 0.394 e. The summed E-state index contributed by atoms with van der Waals surface area (Å²) in [4.78, 5) is 0. The second-order valence-electron chi connectivity index (χ2n) is 3.91. The highest BCUT2D eigenvalue weighted by atomic mass is 127. The summed E-state index contributed by atoms with van der Waals surface area (Å²) in [5, 5.41) is 7.53. The predicted molar refractivity (Wildman–Crippen MR) is 79.5 cm³/mol. The molecule has 0 fully saturated rings. The molecule has 0 spiro atoms. The molecule has 0 unspecified atom stereocenters. The van der Waals surface area contributed by atoms with Gasteiger partial charge in [0.1, 0.15) is 5.82 Å². The number of nitrogen functional groups attached to an aromatic ring is 1. The number of anilines is 3. The van der Waals surface area contributed by atoms with Crippen LogP contribution in [0.3, 0.4) is 0 Å². The second-order valence-corrected chi connectivity index (χ2v) is 5.07. The number of benzene rings is 1. The van der Waals surface area contributed by atoms with Gasteiger partial charge in [0.05, 0.1) is 17.1 Å². The van der Waals surface area contributed by atoms with E-state index >= 15 is 0 Å². The quantitative estimate of drug-likeness (QED) is 0.826. The lowest BCUT2D eigenvalue weighted by Crippen LogP contribution is -2.05. The zero-order valence-electron chi connectivity index (χ0n) is 10.2. The van der Waals surface area contributed by atoms with Crippen LogP contribution in [-0.4, -0.2) is 9.78 Å². The van der Waals surface area contributed by atoms with Crippen molar-refractivity contribution in [3.05, 3.63) is 33.3 Å². The molecule has 0 atom stereocenters. The Morgan fingerprint density at radius 2 is 2.22 bits per heavy atom. The minimum atomic E-state index is -0.252. The topological polar surface area (TPSA) is 55.9 Å². The molecule has 2 aromatic rings. The zero-order chi connectivity index (χ0) is 13.3. The van der Waals surface area contributed by atoms with Gasteiger partial charge in [0, 0.05) is 10.1 Å². The van der Waals surface area contributed by atoms with Gasteiger partial charge in [0.2, 0.25) is 0 Å². The van der Waals surface area contributed by atoms with Crippen LogP contribution in [0.15, 0.2) is 18.2 Å². The Hall–Kier alpha value is -1.31. The Balaban J connectivity index is 2.39. The normalized spacial score (nSPS) is 10.7. The molecule has 0 aliphatic carbocycles. The van der Waals surface area contributed by atoms with E-state index in [4.69, 9.17) is 5.73 Å². The van der Waals surface area contributed by atoms with Crippen LogP contribution in [0, 0.1) is 16.3 Å². The van der Waals surface area contributed by atoms with Gasteiger partial charge in [-0.05, 0) is 54.6 Å². The Labute approximate surface area is 119 Å². The van der Waals surface area contributed by atoms with Gasteiger partial charge in [0.25, 0.3) is 0 Å². The minimum Gasteiger partial charge on any atom is -0.394 e. The first-order valence-electron chi connectivity index (χ1n) is 5.58. The van der Waals surface area contributed by atoms with Crippen molar-refractivity contribution in [3.63, 3.8) is 0 Å². The summed E-state index contributed by atoms with van der Waals surface area (Å²) in [6.07, 6.45) is 0. The van der Waals surface area contributed by atoms with Crippen molar-refractivity contribution < 1.29 is 4.39 Å². The van der Waals surface area contributed by atoms with Crippen molar-refractivity contribution in [2.45, 2.75) is 20.4 Å². The monoisotopic (exact) mass is 360 g/mol. The third kappa shape index (κ3) is 2.43. The van der Waals surface area contributed by atoms with Gasteiger partial charge in [-0.1, -0.05) is 0 Å². The summed E-state index contributed by atoms with van der Waals surface area (Å²) >= 11 is 2.08. The summed E-state index contributed by atoms with van der Waals surface area (Å²) in [5.74, 6) is 0.498. The van der Waals surface area contributed by atoms with Crippen LogP contribution < -0.4 is 11.1 Å². The van der Waals surface area contributed by atoms with E-state index in [1.807, 2.05) is 13.8 Å². The van der Waals surface area contributed by atoms with Gasteiger partial charge < -0.3 is 11.1 Å². The van der Waals surface area contributed by atoms with E-state index in [1.54, 1.807) is 10.7 Å². The fourth-order valence-corrected chi connectivity index (χ4v) is 2.29. The van der Waals surface area contributed by atoms with Gasteiger partial charge in [-0.3, -0.25) is 0 Å². The highest BCUT2D eigenvalue weighted by Crippen LogP contribution is 2.28. The number of nitrogens with two attached hydrogens (primary N) is 1. The molecule has 0 saturated carbocycles. The summed E-state index contributed by atoms with van der Waals surface area (Å²) in [6, 6.07) is 4.58. The maximum absolute atomic E-state index is 13.0. The van der Waals surface area contributed by atoms with Gasteiger partial charge in [-0.2, -0.15) is 5.10 Å². The number of halogens is 2. The first-order valence-corrected chi connectivity index (χ1v) is 6.65. The average Bonchev–Trinajstić information content (AvgIpc) is 2.60. The lowest BCUT2D eigenvalue weighted by Gasteiger charge is -2.11. The number of aromatic nitrogens is 2. The fourth-order valence-electron chi connectivity index (χ4n) is 1.67. The smallest absolute Gasteiger partial charge is 0.152 e. The fraction of sp³-hybridized carbons (Fsp3) is 0.250. The Kier molecular flexibility index (Phi) is 3.74. The molecule has 0 aliphatic heterocycles. The van der Waals surface area contributed by atoms with Gasteiger partial charge >= 0.3 is 0 Å². The molecule has 0 aliphatic rings. The molecule has 18 heavy (non-hydrogen) atoms. The van der Waals surface area contributed by atoms with Gasteiger partial charge in [-0.15, -0.1) is 0 Å². The Morgan fingerprint density at radius 3 is 2.83 bits per heavy atom. The van der Waals surface area contributed by atoms with Crippen molar-refractivity contribution in [1.82, 2.24) is 9.78 Å². The second kappa shape index (κ2) is 5.13. The number of hydrogen-bond donors (Lipinski definition) is 2. The molecule has 3 N–H and O–H groups in total. The van der Waals surface area contributed by atoms with Crippen LogP contribution in [0.2, 0.25) is 0 Å². The number of hydrogen-bond acceptors (Lipinski definition) is 3. The summed E-state index contributed by atoms with van der Waals surface area (Å²) in [5.41, 5.74) is 8.21. The van der Waals surface area contributed by atoms with E-state index in [-0.39, 0.29) is 5.82 Å². The predicted octanol–water partition coefficient (Wildman–Crippen LogP) is 3.28. The van der Waals surface area contributed by atoms with Crippen molar-refractivity contribution in [2.75, 3.05) is 11.1 Å². The van der Waals surface area contributed by atoms with E-state index in [0.29, 0.717) is 5.69 Å². The average molecular weight is 360 g/mol. The molecule has 0 radical (unpaired) electrons. The number of rotatable bonds is 3. The highest BCUT2D eigenvalue weighted by Gasteiger charge is 2.12. The molecule has 0 bridgehead atoms. The van der Waals surface area contributed by atoms with E-state index < -0.39 is 0 Å². The van der Waals surface area contributed by atoms with Crippen LogP contribution in [0.1, 0.15) is 12.6 Å². The van der Waals surface area contributed by atoms with Gasteiger partial charge in [0.15, 0.2) is 5.82 Å². The van der Waals surface area contributed by atoms with Crippen LogP contribution >= 0.6 is 22.6 Å². The Bertz CT molecular complexity index is 580. The first-order chi connectivity index (χ1) is 8.52. The van der Waals surface area contributed by atoms with Crippen molar-refractivity contribution in [3.8, 4) is 0 Å². The van der Waals surface area contributed by atoms with Gasteiger partial charge in [-0.25, -0.2) is 9.07 Å². The first kappa shape index (κ1) is 13.1. The van der Waals surface area contributed by atoms with E-state index in [2.05, 4.69) is 33.0 Å². The standard InChI is InChI=1S/C12H14FIN4/c1-3-18-12(11(15)7(2)17-18)16-10-5-4-8(13)6-9(10)14/h4-6,16H,3,15H2,1-2H3. The SMILES string of the molecule is CCn1nc(C)c(N)c1Nc1ccc(F)cc1I. The Morgan fingerprint density at radius 1 is 1.50 bits per heavy atom. The third-order valence-corrected chi connectivity index (χ3v) is 3.55. The maximum atomic E-state index is 13.0. The van der Waals surface area contributed by atoms with E-state index in [1.165, 1.54) is 12.1 Å². The third-order valence-electron chi connectivity index (χ3n) is 2.66. The number of nitrogens with one attached hydrogen (secondary N) is 1. The molecule has 1 heterocycles. The van der Waals surface area contributed by atoms with Crippen LogP contribution in [0.4, 0.5) is 21.6 Å². The van der Waals surface area contributed by atoms with Crippen molar-refractivity contribution >= 4 is 39.8 Å². The maximum Gasteiger partial charge on any atom is 0.152 e. The zero-order valence-corrected chi connectivity index (χ0v) is 12.3. The molecule has 6 heteroatoms. The molecule has 96 valence electrons. The molecule has 1 aromatic heterocycles. The molecule has 4 nitrogen and oxygen atoms in total.